The Morgan fingerprint density at radius 2 is 1.62 bits per heavy atom. The molecule has 0 spiro atoms. The number of carbonyl (C=O) groups is 6. The molecule has 3 N–H and O–H groups in total. The minimum absolute atomic E-state index is 0.0234. The maximum Gasteiger partial charge on any atom is 0.408 e. The van der Waals surface area contributed by atoms with E-state index in [-0.39, 0.29) is 35.5 Å². The lowest BCUT2D eigenvalue weighted by molar-refractivity contribution is -0.347. The van der Waals surface area contributed by atoms with Crippen molar-refractivity contribution < 1.29 is 76.6 Å². The van der Waals surface area contributed by atoms with Crippen LogP contribution in [0.3, 0.4) is 0 Å². The van der Waals surface area contributed by atoms with E-state index in [9.17, 15) is 34.2 Å². The molecular formula is C44H55NO16. The van der Waals surface area contributed by atoms with E-state index in [1.807, 2.05) is 0 Å². The molecule has 4 aliphatic rings. The van der Waals surface area contributed by atoms with Crippen LogP contribution < -0.4 is 5.32 Å². The molecule has 332 valence electrons. The SMILES string of the molecule is CO[C@H]1C[C@H]2OC[C@@]2(OC(C)=O)C2[C@H](OC(=O)c3ccccc3)[C@]3(O)C[C@H](OC(=O)[C@H](O)[C@@H](NC(=O)OC(C)(C)C)c4ccco4)C(C)=C([C@@H](OC(C)=O)C(=O)[C@@]21C)C3(C)C. The van der Waals surface area contributed by atoms with E-state index in [1.54, 1.807) is 59.7 Å². The van der Waals surface area contributed by atoms with Crippen LogP contribution in [0, 0.1) is 16.7 Å². The number of Topliss-reactive ketones (excluding diaryl/α,β-unsaturated/α-hetero) is 1. The number of aliphatic hydroxyl groups excluding tert-OH is 1. The van der Waals surface area contributed by atoms with Crippen molar-refractivity contribution in [1.82, 2.24) is 5.32 Å². The molecule has 6 rings (SSSR count). The van der Waals surface area contributed by atoms with Gasteiger partial charge < -0.3 is 53.1 Å². The molecule has 1 unspecified atom stereocenters. The lowest BCUT2D eigenvalue weighted by atomic mass is 9.44. The molecular weight excluding hydrogens is 798 g/mol. The average molecular weight is 854 g/mol. The van der Waals surface area contributed by atoms with Gasteiger partial charge in [0.1, 0.15) is 41.3 Å². The van der Waals surface area contributed by atoms with Crippen molar-refractivity contribution >= 4 is 35.8 Å². The fraction of sp³-hybridized carbons (Fsp3) is 0.591. The average Bonchev–Trinajstić information content (AvgIpc) is 3.70. The topological polar surface area (TPSA) is 233 Å². The van der Waals surface area contributed by atoms with Gasteiger partial charge in [-0.3, -0.25) is 14.4 Å². The number of ketones is 1. The van der Waals surface area contributed by atoms with Crippen LogP contribution in [0.4, 0.5) is 4.79 Å². The number of amides is 1. The number of rotatable bonds is 10. The van der Waals surface area contributed by atoms with Gasteiger partial charge in [0.15, 0.2) is 23.6 Å². The lowest BCUT2D eigenvalue weighted by Gasteiger charge is -2.67. The van der Waals surface area contributed by atoms with E-state index in [4.69, 9.17) is 37.6 Å². The summed E-state index contributed by atoms with van der Waals surface area (Å²) in [6, 6.07) is 9.29. The number of carbonyl (C=O) groups excluding carboxylic acids is 6. The Labute approximate surface area is 353 Å². The molecule has 2 bridgehead atoms. The van der Waals surface area contributed by atoms with Crippen molar-refractivity contribution in [2.45, 2.75) is 135 Å². The predicted octanol–water partition coefficient (Wildman–Crippen LogP) is 4.08. The van der Waals surface area contributed by atoms with E-state index >= 15 is 4.79 Å². The van der Waals surface area contributed by atoms with Crippen LogP contribution >= 0.6 is 0 Å². The largest absolute Gasteiger partial charge is 0.467 e. The van der Waals surface area contributed by atoms with E-state index < -0.39 is 118 Å². The number of esters is 4. The number of aliphatic hydroxyl groups is 2. The molecule has 17 nitrogen and oxygen atoms in total. The Balaban J connectivity index is 1.55. The molecule has 3 fully saturated rings. The molecule has 2 heterocycles. The highest BCUT2D eigenvalue weighted by Gasteiger charge is 2.78. The highest BCUT2D eigenvalue weighted by molar-refractivity contribution is 5.95. The second-order valence-corrected chi connectivity index (χ2v) is 18.0. The van der Waals surface area contributed by atoms with Crippen LogP contribution in [0.15, 0.2) is 64.3 Å². The summed E-state index contributed by atoms with van der Waals surface area (Å²) >= 11 is 0. The molecule has 61 heavy (non-hydrogen) atoms. The Bertz CT molecular complexity index is 2070. The van der Waals surface area contributed by atoms with Crippen molar-refractivity contribution in [3.8, 4) is 0 Å². The molecule has 1 aromatic heterocycles. The molecule has 17 heteroatoms. The summed E-state index contributed by atoms with van der Waals surface area (Å²) in [7, 11) is 1.38. The van der Waals surface area contributed by atoms with Crippen LogP contribution in [0.2, 0.25) is 0 Å². The fourth-order valence-electron chi connectivity index (χ4n) is 9.89. The normalized spacial score (nSPS) is 32.6. The standard InChI is InChI=1S/C44H55NO16/c1-22-27(58-38(51)32(48)31(26-17-14-18-55-26)45-39(52)61-40(4,5)6)20-44(53)36(59-37(50)25-15-12-11-13-16-25)34-42(9,35(49)33(57-23(2)46)30(22)41(44,7)8)28(54-10)19-29-43(34,21-56-29)60-24(3)47/h11-18,27-29,31-34,36,48,53H,19-21H2,1-10H3,(H,45,52)/t27-,28-,29+,31-,32+,33+,34?,36-,42+,43-,44+/m0/s1. The fourth-order valence-corrected chi connectivity index (χ4v) is 9.89. The number of hydrogen-bond donors (Lipinski definition) is 3. The first-order chi connectivity index (χ1) is 28.4. The summed E-state index contributed by atoms with van der Waals surface area (Å²) in [6.07, 6.45) is -9.28. The van der Waals surface area contributed by atoms with Crippen LogP contribution in [0.5, 0.6) is 0 Å². The molecule has 2 aromatic rings. The van der Waals surface area contributed by atoms with E-state index in [0.29, 0.717) is 0 Å². The third-order valence-electron chi connectivity index (χ3n) is 12.8. The van der Waals surface area contributed by atoms with Gasteiger partial charge in [-0.05, 0) is 70.0 Å². The quantitative estimate of drug-likeness (QED) is 0.174. The van der Waals surface area contributed by atoms with Gasteiger partial charge in [-0.2, -0.15) is 0 Å². The van der Waals surface area contributed by atoms with Crippen LogP contribution in [0.1, 0.15) is 97.3 Å². The van der Waals surface area contributed by atoms with Gasteiger partial charge >= 0.3 is 30.0 Å². The Morgan fingerprint density at radius 1 is 0.951 bits per heavy atom. The Hall–Kier alpha value is -5.10. The smallest absolute Gasteiger partial charge is 0.408 e. The van der Waals surface area contributed by atoms with Crippen molar-refractivity contribution in [2.24, 2.45) is 16.7 Å². The van der Waals surface area contributed by atoms with Crippen molar-refractivity contribution in [1.29, 1.82) is 0 Å². The monoisotopic (exact) mass is 853 g/mol. The van der Waals surface area contributed by atoms with Crippen LogP contribution in [-0.4, -0.2) is 113 Å². The highest BCUT2D eigenvalue weighted by atomic mass is 16.6. The third kappa shape index (κ3) is 7.85. The van der Waals surface area contributed by atoms with Crippen molar-refractivity contribution in [2.75, 3.05) is 13.7 Å². The zero-order valence-electron chi connectivity index (χ0n) is 36.0. The number of hydrogen-bond acceptors (Lipinski definition) is 16. The van der Waals surface area contributed by atoms with Gasteiger partial charge in [0.25, 0.3) is 0 Å². The van der Waals surface area contributed by atoms with Gasteiger partial charge in [0.2, 0.25) is 0 Å². The number of benzene rings is 1. The molecule has 3 aliphatic carbocycles. The predicted molar refractivity (Wildman–Crippen MR) is 210 cm³/mol. The highest BCUT2D eigenvalue weighted by Crippen LogP contribution is 2.65. The minimum atomic E-state index is -2.36. The second-order valence-electron chi connectivity index (χ2n) is 18.0. The number of nitrogens with one attached hydrogen (secondary N) is 1. The van der Waals surface area contributed by atoms with Gasteiger partial charge in [-0.15, -0.1) is 0 Å². The van der Waals surface area contributed by atoms with Crippen LogP contribution in [0.25, 0.3) is 0 Å². The van der Waals surface area contributed by atoms with E-state index in [0.717, 1.165) is 6.92 Å². The number of alkyl carbamates (subject to hydrolysis) is 1. The molecule has 2 saturated carbocycles. The van der Waals surface area contributed by atoms with Gasteiger partial charge in [0.05, 0.1) is 35.9 Å². The first-order valence-corrected chi connectivity index (χ1v) is 20.1. The molecule has 11 atom stereocenters. The molecule has 1 saturated heterocycles. The van der Waals surface area contributed by atoms with Gasteiger partial charge in [0, 0.05) is 39.2 Å². The summed E-state index contributed by atoms with van der Waals surface area (Å²) in [4.78, 5) is 83.1. The Kier molecular flexibility index (Phi) is 12.1. The summed E-state index contributed by atoms with van der Waals surface area (Å²) in [5, 5.41) is 27.7. The number of furan rings is 1. The first-order valence-electron chi connectivity index (χ1n) is 20.1. The Morgan fingerprint density at radius 3 is 2.16 bits per heavy atom. The van der Waals surface area contributed by atoms with Gasteiger partial charge in [-0.1, -0.05) is 32.0 Å². The molecule has 1 aliphatic heterocycles. The number of ether oxygens (including phenoxy) is 7. The van der Waals surface area contributed by atoms with Gasteiger partial charge in [-0.25, -0.2) is 14.4 Å². The maximum atomic E-state index is 15.7. The van der Waals surface area contributed by atoms with Crippen LogP contribution in [-0.2, 0) is 52.3 Å². The maximum absolute atomic E-state index is 15.7. The summed E-state index contributed by atoms with van der Waals surface area (Å²) < 4.78 is 47.3. The lowest BCUT2D eigenvalue weighted by Crippen LogP contribution is -2.82. The van der Waals surface area contributed by atoms with Crippen molar-refractivity contribution in [3.63, 3.8) is 0 Å². The van der Waals surface area contributed by atoms with Crippen molar-refractivity contribution in [3.05, 3.63) is 71.2 Å². The van der Waals surface area contributed by atoms with E-state index in [2.05, 4.69) is 5.32 Å². The summed E-state index contributed by atoms with van der Waals surface area (Å²) in [6.45, 7) is 13.1. The first kappa shape index (κ1) is 45.4. The summed E-state index contributed by atoms with van der Waals surface area (Å²) in [5.74, 6) is -5.99. The molecule has 1 aromatic carbocycles. The molecule has 1 amide bonds. The molecule has 0 radical (unpaired) electrons. The third-order valence-corrected chi connectivity index (χ3v) is 12.8. The minimum Gasteiger partial charge on any atom is -0.467 e. The second kappa shape index (κ2) is 16.3. The van der Waals surface area contributed by atoms with E-state index in [1.165, 1.54) is 51.5 Å². The number of fused-ring (bicyclic) bond motifs is 5. The zero-order chi connectivity index (χ0) is 45.0. The number of methoxy groups -OCH3 is 1. The zero-order valence-corrected chi connectivity index (χ0v) is 36.0. The summed E-state index contributed by atoms with van der Waals surface area (Å²) in [5.41, 5.74) is -8.16.